The fraction of sp³-hybridized carbons (Fsp3) is 0.556. The van der Waals surface area contributed by atoms with Crippen molar-refractivity contribution in [1.29, 1.82) is 0 Å². The van der Waals surface area contributed by atoms with E-state index in [-0.39, 0.29) is 0 Å². The molecule has 10 heavy (non-hydrogen) atoms. The van der Waals surface area contributed by atoms with Gasteiger partial charge in [-0.25, -0.2) is 0 Å². The molecule has 0 aliphatic carbocycles. The Morgan fingerprint density at radius 2 is 2.30 bits per heavy atom. The predicted octanol–water partition coefficient (Wildman–Crippen LogP) is 2.12. The number of nitrogens with one attached hydrogen (secondary N) is 1. The fourth-order valence-electron chi connectivity index (χ4n) is 1.07. The van der Waals surface area contributed by atoms with Crippen molar-refractivity contribution < 1.29 is 0 Å². The first-order chi connectivity index (χ1) is 4.79. The molecule has 0 bridgehead atoms. The second-order valence-corrected chi connectivity index (χ2v) is 2.24. The lowest BCUT2D eigenvalue weighted by Crippen LogP contribution is -2.25. The van der Waals surface area contributed by atoms with Crippen LogP contribution < -0.4 is 5.32 Å². The zero-order chi connectivity index (χ0) is 7.98. The van der Waals surface area contributed by atoms with Crippen molar-refractivity contribution in [3.05, 3.63) is 24.3 Å². The first-order valence-corrected chi connectivity index (χ1v) is 3.76. The maximum absolute atomic E-state index is 3.74. The van der Waals surface area contributed by atoms with Crippen molar-refractivity contribution >= 4 is 0 Å². The van der Waals surface area contributed by atoms with Gasteiger partial charge in [-0.2, -0.15) is 0 Å². The van der Waals surface area contributed by atoms with E-state index in [2.05, 4.69) is 24.9 Å². The molecule has 0 rings (SSSR count). The molecule has 1 unspecified atom stereocenters. The average Bonchev–Trinajstić information content (AvgIpc) is 2.00. The Morgan fingerprint density at radius 3 is 2.40 bits per heavy atom. The van der Waals surface area contributed by atoms with E-state index in [1.54, 1.807) is 0 Å². The monoisotopic (exact) mass is 139 g/mol. The normalized spacial score (nSPS) is 14.9. The molecule has 0 heterocycles. The molecule has 0 saturated heterocycles. The largest absolute Gasteiger partial charge is 0.313 e. The maximum atomic E-state index is 3.74. The Bertz CT molecular complexity index is 121. The highest BCUT2D eigenvalue weighted by atomic mass is 14.9. The van der Waals surface area contributed by atoms with E-state index < -0.39 is 0 Å². The van der Waals surface area contributed by atoms with Crippen LogP contribution in [0.25, 0.3) is 0 Å². The summed E-state index contributed by atoms with van der Waals surface area (Å²) < 4.78 is 0. The lowest BCUT2D eigenvalue weighted by molar-refractivity contribution is 0.627. The van der Waals surface area contributed by atoms with Crippen LogP contribution in [0.15, 0.2) is 24.3 Å². The van der Waals surface area contributed by atoms with E-state index in [4.69, 9.17) is 0 Å². The van der Waals surface area contributed by atoms with Gasteiger partial charge in [0.25, 0.3) is 0 Å². The summed E-state index contributed by atoms with van der Waals surface area (Å²) in [6, 6.07) is 0.475. The molecular formula is C9H17N. The summed E-state index contributed by atoms with van der Waals surface area (Å²) in [5.41, 5.74) is 1.28. The van der Waals surface area contributed by atoms with Gasteiger partial charge in [-0.15, -0.1) is 0 Å². The summed E-state index contributed by atoms with van der Waals surface area (Å²) in [5, 5.41) is 3.21. The van der Waals surface area contributed by atoms with Crippen LogP contribution in [0.4, 0.5) is 0 Å². The molecule has 0 aliphatic rings. The van der Waals surface area contributed by atoms with Crippen LogP contribution in [0, 0.1) is 0 Å². The molecule has 0 amide bonds. The van der Waals surface area contributed by atoms with E-state index in [0.29, 0.717) is 6.04 Å². The summed E-state index contributed by atoms with van der Waals surface area (Å²) >= 11 is 0. The minimum absolute atomic E-state index is 0.475. The van der Waals surface area contributed by atoms with Crippen LogP contribution in [0.1, 0.15) is 20.3 Å². The van der Waals surface area contributed by atoms with Gasteiger partial charge in [-0.3, -0.25) is 0 Å². The summed E-state index contributed by atoms with van der Waals surface area (Å²) in [5.74, 6) is 0. The topological polar surface area (TPSA) is 12.0 Å². The Hall–Kier alpha value is -0.560. The van der Waals surface area contributed by atoms with E-state index in [1.165, 1.54) is 5.57 Å². The van der Waals surface area contributed by atoms with Gasteiger partial charge in [0.1, 0.15) is 0 Å². The molecule has 1 heteroatoms. The van der Waals surface area contributed by atoms with E-state index in [0.717, 1.165) is 6.42 Å². The second-order valence-electron chi connectivity index (χ2n) is 2.24. The SMILES string of the molecule is C=C/C(=C\C)C(CC)NC. The van der Waals surface area contributed by atoms with Crippen LogP contribution in [0.3, 0.4) is 0 Å². The van der Waals surface area contributed by atoms with Crippen molar-refractivity contribution in [1.82, 2.24) is 5.32 Å². The second kappa shape index (κ2) is 5.24. The van der Waals surface area contributed by atoms with E-state index in [9.17, 15) is 0 Å². The maximum Gasteiger partial charge on any atom is 0.0311 e. The predicted molar refractivity (Wildman–Crippen MR) is 47.1 cm³/mol. The summed E-state index contributed by atoms with van der Waals surface area (Å²) in [6.07, 6.45) is 5.12. The summed E-state index contributed by atoms with van der Waals surface area (Å²) in [6.45, 7) is 7.94. The first kappa shape index (κ1) is 9.44. The number of allylic oxidation sites excluding steroid dienone is 1. The number of rotatable bonds is 4. The highest BCUT2D eigenvalue weighted by Gasteiger charge is 2.03. The lowest BCUT2D eigenvalue weighted by Gasteiger charge is -2.14. The standard InChI is InChI=1S/C9H17N/c1-5-8(6-2)9(7-3)10-4/h5-6,9-10H,1,7H2,2-4H3/b8-6+. The van der Waals surface area contributed by atoms with Gasteiger partial charge in [0.15, 0.2) is 0 Å². The summed E-state index contributed by atoms with van der Waals surface area (Å²) in [4.78, 5) is 0. The first-order valence-electron chi connectivity index (χ1n) is 3.76. The highest BCUT2D eigenvalue weighted by molar-refractivity contribution is 5.21. The zero-order valence-corrected chi connectivity index (χ0v) is 7.15. The van der Waals surface area contributed by atoms with Gasteiger partial charge < -0.3 is 5.32 Å². The quantitative estimate of drug-likeness (QED) is 0.588. The molecular weight excluding hydrogens is 122 g/mol. The zero-order valence-electron chi connectivity index (χ0n) is 7.15. The number of hydrogen-bond donors (Lipinski definition) is 1. The molecule has 0 saturated carbocycles. The molecule has 1 nitrogen and oxygen atoms in total. The van der Waals surface area contributed by atoms with Crippen LogP contribution in [-0.2, 0) is 0 Å². The van der Waals surface area contributed by atoms with Crippen molar-refractivity contribution in [2.75, 3.05) is 7.05 Å². The van der Waals surface area contributed by atoms with Gasteiger partial charge >= 0.3 is 0 Å². The highest BCUT2D eigenvalue weighted by Crippen LogP contribution is 2.05. The smallest absolute Gasteiger partial charge is 0.0311 e. The average molecular weight is 139 g/mol. The Morgan fingerprint density at radius 1 is 1.70 bits per heavy atom. The molecule has 0 aliphatic heterocycles. The van der Waals surface area contributed by atoms with Gasteiger partial charge in [0, 0.05) is 6.04 Å². The van der Waals surface area contributed by atoms with E-state index in [1.807, 2.05) is 20.0 Å². The van der Waals surface area contributed by atoms with Crippen LogP contribution in [-0.4, -0.2) is 13.1 Å². The van der Waals surface area contributed by atoms with Gasteiger partial charge in [0.2, 0.25) is 0 Å². The molecule has 0 aromatic heterocycles. The molecule has 58 valence electrons. The van der Waals surface area contributed by atoms with Crippen molar-refractivity contribution in [2.45, 2.75) is 26.3 Å². The third kappa shape index (κ3) is 2.36. The minimum Gasteiger partial charge on any atom is -0.313 e. The molecule has 0 aromatic rings. The number of likely N-dealkylation sites (N-methyl/N-ethyl adjacent to an activating group) is 1. The van der Waals surface area contributed by atoms with Crippen LogP contribution >= 0.6 is 0 Å². The molecule has 0 aromatic carbocycles. The number of hydrogen-bond acceptors (Lipinski definition) is 1. The lowest BCUT2D eigenvalue weighted by atomic mass is 10.1. The van der Waals surface area contributed by atoms with Crippen LogP contribution in [0.5, 0.6) is 0 Å². The molecule has 0 radical (unpaired) electrons. The Labute approximate surface area is 63.8 Å². The van der Waals surface area contributed by atoms with Crippen LogP contribution in [0.2, 0.25) is 0 Å². The third-order valence-corrected chi connectivity index (χ3v) is 1.73. The third-order valence-electron chi connectivity index (χ3n) is 1.73. The van der Waals surface area contributed by atoms with Gasteiger partial charge in [-0.1, -0.05) is 25.7 Å². The minimum atomic E-state index is 0.475. The Balaban J connectivity index is 4.10. The van der Waals surface area contributed by atoms with Crippen molar-refractivity contribution in [2.24, 2.45) is 0 Å². The molecule has 0 fully saturated rings. The fourth-order valence-corrected chi connectivity index (χ4v) is 1.07. The van der Waals surface area contributed by atoms with E-state index >= 15 is 0 Å². The van der Waals surface area contributed by atoms with Gasteiger partial charge in [-0.05, 0) is 26.0 Å². The Kier molecular flexibility index (Phi) is 4.95. The molecule has 1 atom stereocenters. The van der Waals surface area contributed by atoms with Gasteiger partial charge in [0.05, 0.1) is 0 Å². The summed E-state index contributed by atoms with van der Waals surface area (Å²) in [7, 11) is 1.97. The molecule has 1 N–H and O–H groups in total. The molecule has 0 spiro atoms. The van der Waals surface area contributed by atoms with Crippen molar-refractivity contribution in [3.8, 4) is 0 Å². The van der Waals surface area contributed by atoms with Crippen molar-refractivity contribution in [3.63, 3.8) is 0 Å².